The van der Waals surface area contributed by atoms with Crippen molar-refractivity contribution < 1.29 is 4.79 Å². The Morgan fingerprint density at radius 1 is 1.30 bits per heavy atom. The summed E-state index contributed by atoms with van der Waals surface area (Å²) in [4.78, 5) is 20.9. The van der Waals surface area contributed by atoms with Crippen LogP contribution in [-0.2, 0) is 4.79 Å². The van der Waals surface area contributed by atoms with Gasteiger partial charge in [0.1, 0.15) is 16.9 Å². The van der Waals surface area contributed by atoms with Gasteiger partial charge in [0, 0.05) is 5.39 Å². The highest BCUT2D eigenvalue weighted by Crippen LogP contribution is 2.28. The molecule has 1 aromatic carbocycles. The van der Waals surface area contributed by atoms with Crippen molar-refractivity contribution in [2.45, 2.75) is 43.5 Å². The molecule has 120 valence electrons. The van der Waals surface area contributed by atoms with Crippen LogP contribution in [0.2, 0.25) is 0 Å². The molecule has 6 heteroatoms. The Morgan fingerprint density at radius 3 is 2.65 bits per heavy atom. The fourth-order valence-corrected chi connectivity index (χ4v) is 2.86. The number of thioether (sulfide) groups is 1. The van der Waals surface area contributed by atoms with E-state index in [1.807, 2.05) is 45.0 Å². The van der Waals surface area contributed by atoms with Gasteiger partial charge in [-0.25, -0.2) is 9.97 Å². The SMILES string of the molecule is CC(C)[C@@](C)(C#N)NC(=O)[C@@H](C)Sc1ncnc2ccccc12. The zero-order valence-corrected chi connectivity index (χ0v) is 14.5. The first kappa shape index (κ1) is 17.2. The molecule has 0 unspecified atom stereocenters. The first-order valence-corrected chi connectivity index (χ1v) is 8.35. The lowest BCUT2D eigenvalue weighted by molar-refractivity contribution is -0.121. The van der Waals surface area contributed by atoms with Gasteiger partial charge < -0.3 is 5.32 Å². The van der Waals surface area contributed by atoms with Crippen molar-refractivity contribution in [3.63, 3.8) is 0 Å². The summed E-state index contributed by atoms with van der Waals surface area (Å²) < 4.78 is 0. The minimum atomic E-state index is -0.875. The summed E-state index contributed by atoms with van der Waals surface area (Å²) in [6, 6.07) is 9.88. The third-order valence-electron chi connectivity index (χ3n) is 3.93. The van der Waals surface area contributed by atoms with Crippen LogP contribution in [0.1, 0.15) is 27.7 Å². The van der Waals surface area contributed by atoms with Gasteiger partial charge in [-0.1, -0.05) is 43.8 Å². The molecule has 1 heterocycles. The molecule has 2 rings (SSSR count). The third kappa shape index (κ3) is 3.80. The highest BCUT2D eigenvalue weighted by atomic mass is 32.2. The number of carbonyl (C=O) groups is 1. The minimum Gasteiger partial charge on any atom is -0.337 e. The number of benzene rings is 1. The summed E-state index contributed by atoms with van der Waals surface area (Å²) in [5, 5.41) is 13.5. The summed E-state index contributed by atoms with van der Waals surface area (Å²) in [7, 11) is 0. The summed E-state index contributed by atoms with van der Waals surface area (Å²) in [6.07, 6.45) is 1.50. The molecule has 23 heavy (non-hydrogen) atoms. The van der Waals surface area contributed by atoms with E-state index in [4.69, 9.17) is 0 Å². The molecule has 0 saturated heterocycles. The first-order chi connectivity index (χ1) is 10.9. The maximum atomic E-state index is 12.4. The molecule has 0 aliphatic carbocycles. The van der Waals surface area contributed by atoms with E-state index in [-0.39, 0.29) is 17.1 Å². The number of nitrogens with one attached hydrogen (secondary N) is 1. The van der Waals surface area contributed by atoms with Gasteiger partial charge in [-0.2, -0.15) is 5.26 Å². The number of para-hydroxylation sites is 1. The van der Waals surface area contributed by atoms with E-state index in [9.17, 15) is 10.1 Å². The Balaban J connectivity index is 2.16. The molecule has 0 bridgehead atoms. The van der Waals surface area contributed by atoms with E-state index >= 15 is 0 Å². The van der Waals surface area contributed by atoms with Gasteiger partial charge in [0.25, 0.3) is 0 Å². The number of hydrogen-bond donors (Lipinski definition) is 1. The normalized spacial score (nSPS) is 15.0. The summed E-state index contributed by atoms with van der Waals surface area (Å²) in [5.41, 5.74) is -0.0266. The molecule has 2 atom stereocenters. The number of aromatic nitrogens is 2. The lowest BCUT2D eigenvalue weighted by Crippen LogP contribution is -2.51. The van der Waals surface area contributed by atoms with E-state index < -0.39 is 5.54 Å². The zero-order chi connectivity index (χ0) is 17.0. The Labute approximate surface area is 140 Å². The second-order valence-corrected chi connectivity index (χ2v) is 7.24. The molecule has 1 aromatic heterocycles. The van der Waals surface area contributed by atoms with Crippen LogP contribution in [0.15, 0.2) is 35.6 Å². The molecule has 0 fully saturated rings. The average Bonchev–Trinajstić information content (AvgIpc) is 2.54. The van der Waals surface area contributed by atoms with Crippen LogP contribution >= 0.6 is 11.8 Å². The fraction of sp³-hybridized carbons (Fsp3) is 0.412. The molecule has 0 saturated carbocycles. The number of fused-ring (bicyclic) bond motifs is 1. The molecular formula is C17H20N4OS. The van der Waals surface area contributed by atoms with E-state index in [0.29, 0.717) is 0 Å². The Bertz CT molecular complexity index is 750. The lowest BCUT2D eigenvalue weighted by atomic mass is 9.90. The number of amides is 1. The Morgan fingerprint density at radius 2 is 2.00 bits per heavy atom. The van der Waals surface area contributed by atoms with Crippen molar-refractivity contribution >= 4 is 28.6 Å². The Kier molecular flexibility index (Phi) is 5.22. The maximum absolute atomic E-state index is 12.4. The van der Waals surface area contributed by atoms with Gasteiger partial charge in [-0.05, 0) is 25.8 Å². The number of carbonyl (C=O) groups excluding carboxylic acids is 1. The van der Waals surface area contributed by atoms with E-state index in [0.717, 1.165) is 15.9 Å². The standard InChI is InChI=1S/C17H20N4OS/c1-11(2)17(4,9-18)21-15(22)12(3)23-16-13-7-5-6-8-14(13)19-10-20-16/h5-8,10-12H,1-4H3,(H,21,22)/t12-,17-/m1/s1. The van der Waals surface area contributed by atoms with E-state index in [1.165, 1.54) is 18.1 Å². The lowest BCUT2D eigenvalue weighted by Gasteiger charge is -2.28. The molecule has 0 spiro atoms. The van der Waals surface area contributed by atoms with Gasteiger partial charge in [-0.15, -0.1) is 0 Å². The van der Waals surface area contributed by atoms with Crippen molar-refractivity contribution in [3.05, 3.63) is 30.6 Å². The Hall–Kier alpha value is -2.13. The second-order valence-electron chi connectivity index (χ2n) is 5.91. The molecule has 5 nitrogen and oxygen atoms in total. The average molecular weight is 328 g/mol. The van der Waals surface area contributed by atoms with Crippen molar-refractivity contribution in [1.29, 1.82) is 5.26 Å². The molecule has 0 aliphatic rings. The topological polar surface area (TPSA) is 78.7 Å². The van der Waals surface area contributed by atoms with E-state index in [2.05, 4.69) is 21.4 Å². The van der Waals surface area contributed by atoms with Gasteiger partial charge in [-0.3, -0.25) is 4.79 Å². The quantitative estimate of drug-likeness (QED) is 0.674. The molecular weight excluding hydrogens is 308 g/mol. The van der Waals surface area contributed by atoms with Crippen LogP contribution in [0, 0.1) is 17.2 Å². The summed E-state index contributed by atoms with van der Waals surface area (Å²) in [6.45, 7) is 7.39. The van der Waals surface area contributed by atoms with Crippen LogP contribution in [0.25, 0.3) is 10.9 Å². The van der Waals surface area contributed by atoms with Gasteiger partial charge in [0.05, 0.1) is 16.8 Å². The summed E-state index contributed by atoms with van der Waals surface area (Å²) >= 11 is 1.37. The number of hydrogen-bond acceptors (Lipinski definition) is 5. The fourth-order valence-electron chi connectivity index (χ4n) is 1.95. The van der Waals surface area contributed by atoms with Crippen LogP contribution < -0.4 is 5.32 Å². The largest absolute Gasteiger partial charge is 0.337 e. The first-order valence-electron chi connectivity index (χ1n) is 7.47. The van der Waals surface area contributed by atoms with Crippen molar-refractivity contribution in [1.82, 2.24) is 15.3 Å². The molecule has 0 radical (unpaired) electrons. The van der Waals surface area contributed by atoms with Crippen LogP contribution in [0.3, 0.4) is 0 Å². The van der Waals surface area contributed by atoms with Gasteiger partial charge in [0.15, 0.2) is 0 Å². The maximum Gasteiger partial charge on any atom is 0.234 e. The predicted octanol–water partition coefficient (Wildman–Crippen LogP) is 3.16. The van der Waals surface area contributed by atoms with Crippen molar-refractivity contribution in [3.8, 4) is 6.07 Å². The number of rotatable bonds is 5. The smallest absolute Gasteiger partial charge is 0.234 e. The second kappa shape index (κ2) is 6.97. The third-order valence-corrected chi connectivity index (χ3v) is 5.05. The highest BCUT2D eigenvalue weighted by molar-refractivity contribution is 8.00. The van der Waals surface area contributed by atoms with Crippen LogP contribution in [0.4, 0.5) is 0 Å². The molecule has 1 N–H and O–H groups in total. The van der Waals surface area contributed by atoms with Crippen molar-refractivity contribution in [2.24, 2.45) is 5.92 Å². The van der Waals surface area contributed by atoms with Crippen molar-refractivity contribution in [2.75, 3.05) is 0 Å². The van der Waals surface area contributed by atoms with Gasteiger partial charge in [0.2, 0.25) is 5.91 Å². The van der Waals surface area contributed by atoms with Gasteiger partial charge >= 0.3 is 0 Å². The molecule has 1 amide bonds. The highest BCUT2D eigenvalue weighted by Gasteiger charge is 2.32. The molecule has 2 aromatic rings. The minimum absolute atomic E-state index is 0.0218. The number of nitrogens with zero attached hydrogens (tertiary/aromatic N) is 3. The predicted molar refractivity (Wildman–Crippen MR) is 91.9 cm³/mol. The monoisotopic (exact) mass is 328 g/mol. The molecule has 0 aliphatic heterocycles. The summed E-state index contributed by atoms with van der Waals surface area (Å²) in [5.74, 6) is -0.149. The van der Waals surface area contributed by atoms with Crippen LogP contribution in [0.5, 0.6) is 0 Å². The zero-order valence-electron chi connectivity index (χ0n) is 13.7. The number of nitriles is 1. The van der Waals surface area contributed by atoms with E-state index in [1.54, 1.807) is 6.92 Å². The van der Waals surface area contributed by atoms with Crippen LogP contribution in [-0.4, -0.2) is 26.7 Å².